The molecule has 4 N–H and O–H groups in total. The number of benzene rings is 1. The van der Waals surface area contributed by atoms with Crippen LogP contribution in [0.25, 0.3) is 32.0 Å². The molecule has 0 unspecified atom stereocenters. The first-order valence-corrected chi connectivity index (χ1v) is 10.7. The number of halogens is 1. The molecular formula is C21H25ClN6O2S. The minimum Gasteiger partial charge on any atom is -0.444 e. The highest BCUT2D eigenvalue weighted by Crippen LogP contribution is 2.35. The lowest BCUT2D eigenvalue weighted by Crippen LogP contribution is -2.34. The molecule has 1 amide bonds. The monoisotopic (exact) mass is 460 g/mol. The summed E-state index contributed by atoms with van der Waals surface area (Å²) in [5.41, 5.74) is 3.64. The van der Waals surface area contributed by atoms with Crippen LogP contribution in [0.1, 0.15) is 39.3 Å². The fraction of sp³-hybridized carbons (Fsp3) is 0.333. The number of hydrogen-bond donors (Lipinski definition) is 2. The van der Waals surface area contributed by atoms with Crippen molar-refractivity contribution in [3.63, 3.8) is 0 Å². The van der Waals surface area contributed by atoms with Gasteiger partial charge in [0.25, 0.3) is 0 Å². The summed E-state index contributed by atoms with van der Waals surface area (Å²) in [6.07, 6.45) is 1.26. The molecule has 31 heavy (non-hydrogen) atoms. The van der Waals surface area contributed by atoms with Crippen molar-refractivity contribution in [2.75, 3.05) is 0 Å². The lowest BCUT2D eigenvalue weighted by molar-refractivity contribution is 0.0508. The van der Waals surface area contributed by atoms with Gasteiger partial charge in [0.15, 0.2) is 5.15 Å². The molecular weight excluding hydrogens is 436 g/mol. The second-order valence-electron chi connectivity index (χ2n) is 8.12. The molecule has 3 heterocycles. The number of alkyl carbamates (subject to hydrolysis) is 1. The first-order chi connectivity index (χ1) is 14.1. The topological polar surface area (TPSA) is 117 Å². The number of fused-ring (bicyclic) bond motifs is 3. The summed E-state index contributed by atoms with van der Waals surface area (Å²) in [6, 6.07) is 7.70. The van der Waals surface area contributed by atoms with Crippen molar-refractivity contribution in [3.05, 3.63) is 41.3 Å². The van der Waals surface area contributed by atoms with Gasteiger partial charge in [-0.25, -0.2) is 19.7 Å². The number of nitrogens with one attached hydrogen (secondary N) is 1. The van der Waals surface area contributed by atoms with Gasteiger partial charge in [0.1, 0.15) is 32.0 Å². The Balaban J connectivity index is 0.00000272. The Morgan fingerprint density at radius 2 is 2.00 bits per heavy atom. The number of imidazole rings is 1. The molecule has 0 radical (unpaired) electrons. The second-order valence-corrected chi connectivity index (χ2v) is 9.46. The fourth-order valence-corrected chi connectivity index (χ4v) is 4.39. The van der Waals surface area contributed by atoms with Crippen LogP contribution >= 0.6 is 22.9 Å². The highest BCUT2D eigenvalue weighted by molar-refractivity contribution is 7.21. The molecule has 1 aromatic carbocycles. The molecule has 0 fully saturated rings. The average Bonchev–Trinajstić information content (AvgIpc) is 3.24. The molecule has 3 aromatic heterocycles. The molecule has 0 saturated carbocycles. The lowest BCUT2D eigenvalue weighted by Gasteiger charge is -2.22. The zero-order valence-corrected chi connectivity index (χ0v) is 19.6. The van der Waals surface area contributed by atoms with E-state index in [1.165, 1.54) is 11.3 Å². The van der Waals surface area contributed by atoms with Crippen molar-refractivity contribution >= 4 is 50.4 Å². The molecule has 0 aliphatic rings. The quantitative estimate of drug-likeness (QED) is 0.381. The maximum atomic E-state index is 12.1. The van der Waals surface area contributed by atoms with Gasteiger partial charge in [0.05, 0.1) is 12.4 Å². The van der Waals surface area contributed by atoms with Crippen LogP contribution in [0.15, 0.2) is 30.6 Å². The number of hydrogen-bond acceptors (Lipinski definition) is 7. The number of aromatic nitrogens is 4. The van der Waals surface area contributed by atoms with E-state index in [1.807, 2.05) is 63.6 Å². The van der Waals surface area contributed by atoms with Gasteiger partial charge in [-0.15, -0.1) is 0 Å². The van der Waals surface area contributed by atoms with Gasteiger partial charge in [-0.05, 0) is 39.3 Å². The predicted octanol–water partition coefficient (Wildman–Crippen LogP) is 5.65. The number of pyridine rings is 1. The third-order valence-corrected chi connectivity index (χ3v) is 5.79. The van der Waals surface area contributed by atoms with E-state index in [0.29, 0.717) is 10.7 Å². The van der Waals surface area contributed by atoms with Crippen molar-refractivity contribution in [2.45, 2.75) is 39.3 Å². The highest BCUT2D eigenvalue weighted by Gasteiger charge is 2.20. The van der Waals surface area contributed by atoms with Gasteiger partial charge in [0.2, 0.25) is 0 Å². The van der Waals surface area contributed by atoms with Crippen LogP contribution in [0.4, 0.5) is 4.79 Å². The van der Waals surface area contributed by atoms with Crippen molar-refractivity contribution in [1.29, 1.82) is 0 Å². The molecule has 8 nitrogen and oxygen atoms in total. The maximum Gasteiger partial charge on any atom is 0.408 e. The number of carbonyl (C=O) groups is 1. The summed E-state index contributed by atoms with van der Waals surface area (Å²) in [7, 11) is 1.91. The number of ether oxygens (including phenoxy) is 1. The van der Waals surface area contributed by atoms with Gasteiger partial charge < -0.3 is 20.8 Å². The Kier molecular flexibility index (Phi) is 6.22. The van der Waals surface area contributed by atoms with Crippen molar-refractivity contribution in [2.24, 2.45) is 7.05 Å². The van der Waals surface area contributed by atoms with Crippen LogP contribution in [-0.2, 0) is 11.8 Å². The smallest absolute Gasteiger partial charge is 0.408 e. The van der Waals surface area contributed by atoms with Crippen LogP contribution in [-0.4, -0.2) is 31.2 Å². The Hall–Kier alpha value is -2.75. The first-order valence-electron chi connectivity index (χ1n) is 9.49. The van der Waals surface area contributed by atoms with Crippen LogP contribution in [0.5, 0.6) is 0 Å². The Labute approximate surface area is 189 Å². The molecule has 0 aliphatic carbocycles. The number of thiazole rings is 1. The van der Waals surface area contributed by atoms with Crippen molar-refractivity contribution in [1.82, 2.24) is 31.0 Å². The van der Waals surface area contributed by atoms with Crippen LogP contribution in [0.3, 0.4) is 0 Å². The molecule has 4 rings (SSSR count). The number of rotatable bonds is 3. The van der Waals surface area contributed by atoms with Gasteiger partial charge in [-0.3, -0.25) is 0 Å². The lowest BCUT2D eigenvalue weighted by atomic mass is 10.1. The van der Waals surface area contributed by atoms with E-state index < -0.39 is 11.7 Å². The summed E-state index contributed by atoms with van der Waals surface area (Å²) in [5, 5.41) is 4.07. The third kappa shape index (κ3) is 4.63. The number of carbonyl (C=O) groups excluding carboxylic acids is 1. The van der Waals surface area contributed by atoms with Crippen LogP contribution in [0, 0.1) is 0 Å². The van der Waals surface area contributed by atoms with Gasteiger partial charge in [0, 0.05) is 12.6 Å². The zero-order chi connectivity index (χ0) is 21.6. The molecule has 1 atom stereocenters. The summed E-state index contributed by atoms with van der Waals surface area (Å²) in [6.45, 7) is 7.43. The predicted molar refractivity (Wildman–Crippen MR) is 125 cm³/mol. The normalized spacial score (nSPS) is 12.6. The van der Waals surface area contributed by atoms with E-state index in [2.05, 4.69) is 15.3 Å². The van der Waals surface area contributed by atoms with Crippen molar-refractivity contribution < 1.29 is 9.53 Å². The van der Waals surface area contributed by atoms with Gasteiger partial charge in [-0.1, -0.05) is 41.1 Å². The van der Waals surface area contributed by atoms with Gasteiger partial charge in [-0.2, -0.15) is 0 Å². The Morgan fingerprint density at radius 1 is 1.26 bits per heavy atom. The van der Waals surface area contributed by atoms with Crippen LogP contribution in [0.2, 0.25) is 5.15 Å². The third-order valence-electron chi connectivity index (χ3n) is 4.53. The van der Waals surface area contributed by atoms with Crippen LogP contribution < -0.4 is 11.5 Å². The Bertz CT molecular complexity index is 1260. The largest absolute Gasteiger partial charge is 0.444 e. The highest BCUT2D eigenvalue weighted by atomic mass is 35.5. The zero-order valence-electron chi connectivity index (χ0n) is 18.1. The number of aryl methyl sites for hydroxylation is 1. The van der Waals surface area contributed by atoms with Gasteiger partial charge >= 0.3 is 6.09 Å². The minimum absolute atomic E-state index is 0. The Morgan fingerprint density at radius 3 is 2.71 bits per heavy atom. The molecule has 0 bridgehead atoms. The van der Waals surface area contributed by atoms with E-state index >= 15 is 0 Å². The standard InChI is InChI=1S/C21H22ClN5O2S.H3N/c1-11(24-20(28)29-21(2,3)4)12-7-6-8-13(9-12)18-25-15-16-14(23-10-27(16)5)17(22)26-19(15)30-18;/h6-11H,1-5H3,(H,24,28);1H3/t11-;/m1./s1. The summed E-state index contributed by atoms with van der Waals surface area (Å²) in [5.74, 6) is 0. The first kappa shape index (κ1) is 22.9. The molecule has 0 saturated heterocycles. The molecule has 4 aromatic rings. The van der Waals surface area contributed by atoms with E-state index in [1.54, 1.807) is 6.33 Å². The molecule has 0 spiro atoms. The summed E-state index contributed by atoms with van der Waals surface area (Å²) >= 11 is 7.78. The summed E-state index contributed by atoms with van der Waals surface area (Å²) < 4.78 is 7.25. The number of nitrogens with zero attached hydrogens (tertiary/aromatic N) is 4. The molecule has 164 valence electrons. The van der Waals surface area contributed by atoms with E-state index in [0.717, 1.165) is 32.0 Å². The SMILES string of the molecule is C[C@@H](NC(=O)OC(C)(C)C)c1cccc(-c2nc3c(nc(Cl)c4ncn(C)c43)s2)c1.N. The molecule has 10 heteroatoms. The van der Waals surface area contributed by atoms with E-state index in [9.17, 15) is 4.79 Å². The summed E-state index contributed by atoms with van der Waals surface area (Å²) in [4.78, 5) is 26.5. The second kappa shape index (κ2) is 8.41. The maximum absolute atomic E-state index is 12.1. The number of amides is 1. The minimum atomic E-state index is -0.544. The fourth-order valence-electron chi connectivity index (χ4n) is 3.18. The average molecular weight is 461 g/mol. The van der Waals surface area contributed by atoms with Crippen molar-refractivity contribution in [3.8, 4) is 10.6 Å². The van der Waals surface area contributed by atoms with E-state index in [-0.39, 0.29) is 12.2 Å². The molecule has 0 aliphatic heterocycles. The van der Waals surface area contributed by atoms with E-state index in [4.69, 9.17) is 21.3 Å².